The Morgan fingerprint density at radius 3 is 2.65 bits per heavy atom. The standard InChI is InChI=1S/C14H22N6/c1-5-6-15-14-17-7-10(2)13(19-14)16-8-12-9-18-20(4)11(12)3/h7,9H,5-6,8H2,1-4H3,(H2,15,16,17,19). The lowest BCUT2D eigenvalue weighted by Gasteiger charge is -2.10. The van der Waals surface area contributed by atoms with E-state index in [1.165, 1.54) is 5.56 Å². The summed E-state index contributed by atoms with van der Waals surface area (Å²) >= 11 is 0. The lowest BCUT2D eigenvalue weighted by Crippen LogP contribution is -2.09. The molecule has 0 aliphatic carbocycles. The third-order valence-corrected chi connectivity index (χ3v) is 3.29. The first-order valence-corrected chi connectivity index (χ1v) is 6.90. The first-order valence-electron chi connectivity index (χ1n) is 6.90. The number of nitrogens with one attached hydrogen (secondary N) is 2. The van der Waals surface area contributed by atoms with Gasteiger partial charge >= 0.3 is 0 Å². The highest BCUT2D eigenvalue weighted by atomic mass is 15.3. The van der Waals surface area contributed by atoms with Crippen molar-refractivity contribution < 1.29 is 0 Å². The Bertz CT molecular complexity index is 575. The fourth-order valence-corrected chi connectivity index (χ4v) is 1.84. The Kier molecular flexibility index (Phi) is 4.55. The second kappa shape index (κ2) is 6.36. The molecular weight excluding hydrogens is 252 g/mol. The molecule has 2 heterocycles. The van der Waals surface area contributed by atoms with E-state index in [1.54, 1.807) is 0 Å². The van der Waals surface area contributed by atoms with Crippen molar-refractivity contribution in [3.63, 3.8) is 0 Å². The summed E-state index contributed by atoms with van der Waals surface area (Å²) < 4.78 is 1.87. The van der Waals surface area contributed by atoms with Gasteiger partial charge in [-0.3, -0.25) is 4.68 Å². The molecule has 6 heteroatoms. The van der Waals surface area contributed by atoms with Crippen LogP contribution in [0.5, 0.6) is 0 Å². The van der Waals surface area contributed by atoms with Crippen molar-refractivity contribution in [2.24, 2.45) is 7.05 Å². The van der Waals surface area contributed by atoms with Crippen LogP contribution in [0.1, 0.15) is 30.2 Å². The van der Waals surface area contributed by atoms with Crippen LogP contribution in [-0.2, 0) is 13.6 Å². The minimum atomic E-state index is 0.669. The first-order chi connectivity index (χ1) is 9.61. The van der Waals surface area contributed by atoms with Gasteiger partial charge in [0.15, 0.2) is 0 Å². The monoisotopic (exact) mass is 274 g/mol. The number of hydrogen-bond donors (Lipinski definition) is 2. The molecule has 2 aromatic heterocycles. The van der Waals surface area contributed by atoms with Gasteiger partial charge in [-0.1, -0.05) is 6.92 Å². The molecule has 108 valence electrons. The summed E-state index contributed by atoms with van der Waals surface area (Å²) in [4.78, 5) is 8.78. The van der Waals surface area contributed by atoms with Crippen molar-refractivity contribution in [2.45, 2.75) is 33.7 Å². The van der Waals surface area contributed by atoms with E-state index in [9.17, 15) is 0 Å². The van der Waals surface area contributed by atoms with Crippen LogP contribution < -0.4 is 10.6 Å². The summed E-state index contributed by atoms with van der Waals surface area (Å²) in [7, 11) is 1.95. The summed E-state index contributed by atoms with van der Waals surface area (Å²) in [5, 5.41) is 10.8. The third kappa shape index (κ3) is 3.26. The van der Waals surface area contributed by atoms with Gasteiger partial charge in [-0.25, -0.2) is 4.98 Å². The molecule has 0 aliphatic rings. The van der Waals surface area contributed by atoms with Gasteiger partial charge in [-0.05, 0) is 20.3 Å². The van der Waals surface area contributed by atoms with Crippen molar-refractivity contribution >= 4 is 11.8 Å². The molecular formula is C14H22N6. The maximum atomic E-state index is 4.50. The van der Waals surface area contributed by atoms with Crippen molar-refractivity contribution in [2.75, 3.05) is 17.2 Å². The van der Waals surface area contributed by atoms with Gasteiger partial charge in [0.05, 0.1) is 6.20 Å². The van der Waals surface area contributed by atoms with Crippen LogP contribution in [0.25, 0.3) is 0 Å². The molecule has 0 aromatic carbocycles. The van der Waals surface area contributed by atoms with E-state index in [-0.39, 0.29) is 0 Å². The summed E-state index contributed by atoms with van der Waals surface area (Å²) in [6, 6.07) is 0. The SMILES string of the molecule is CCCNc1ncc(C)c(NCc2cnn(C)c2C)n1. The van der Waals surface area contributed by atoms with Crippen molar-refractivity contribution in [3.05, 3.63) is 29.2 Å². The molecule has 0 radical (unpaired) electrons. The van der Waals surface area contributed by atoms with Gasteiger partial charge in [-0.15, -0.1) is 0 Å². The minimum Gasteiger partial charge on any atom is -0.365 e. The zero-order valence-electron chi connectivity index (χ0n) is 12.6. The summed E-state index contributed by atoms with van der Waals surface area (Å²) in [5.41, 5.74) is 3.37. The van der Waals surface area contributed by atoms with Crippen LogP contribution in [-0.4, -0.2) is 26.3 Å². The Morgan fingerprint density at radius 2 is 2.00 bits per heavy atom. The molecule has 0 saturated carbocycles. The predicted octanol–water partition coefficient (Wildman–Crippen LogP) is 2.26. The normalized spacial score (nSPS) is 10.6. The lowest BCUT2D eigenvalue weighted by molar-refractivity contribution is 0.738. The smallest absolute Gasteiger partial charge is 0.224 e. The molecule has 2 rings (SSSR count). The number of aromatic nitrogens is 4. The molecule has 2 aromatic rings. The summed E-state index contributed by atoms with van der Waals surface area (Å²) in [5.74, 6) is 1.53. The van der Waals surface area contributed by atoms with Crippen LogP contribution in [0.3, 0.4) is 0 Å². The Morgan fingerprint density at radius 1 is 1.20 bits per heavy atom. The molecule has 0 atom stereocenters. The van der Waals surface area contributed by atoms with Gasteiger partial charge in [0.2, 0.25) is 5.95 Å². The van der Waals surface area contributed by atoms with Crippen molar-refractivity contribution in [1.29, 1.82) is 0 Å². The zero-order valence-corrected chi connectivity index (χ0v) is 12.6. The van der Waals surface area contributed by atoms with E-state index in [1.807, 2.05) is 31.0 Å². The van der Waals surface area contributed by atoms with E-state index >= 15 is 0 Å². The number of anilines is 2. The quantitative estimate of drug-likeness (QED) is 0.845. The van der Waals surface area contributed by atoms with Crippen LogP contribution in [0.15, 0.2) is 12.4 Å². The number of nitrogens with zero attached hydrogens (tertiary/aromatic N) is 4. The molecule has 0 aliphatic heterocycles. The average Bonchev–Trinajstić information content (AvgIpc) is 2.76. The molecule has 20 heavy (non-hydrogen) atoms. The van der Waals surface area contributed by atoms with Crippen LogP contribution in [0.2, 0.25) is 0 Å². The molecule has 0 amide bonds. The van der Waals surface area contributed by atoms with Crippen LogP contribution in [0, 0.1) is 13.8 Å². The Labute approximate surface area is 119 Å². The molecule has 2 N–H and O–H groups in total. The lowest BCUT2D eigenvalue weighted by atomic mass is 10.2. The van der Waals surface area contributed by atoms with Gasteiger partial charge in [0, 0.05) is 43.2 Å². The summed E-state index contributed by atoms with van der Waals surface area (Å²) in [6.07, 6.45) is 4.77. The molecule has 6 nitrogen and oxygen atoms in total. The van der Waals surface area contributed by atoms with Crippen LogP contribution in [0.4, 0.5) is 11.8 Å². The maximum Gasteiger partial charge on any atom is 0.224 e. The highest BCUT2D eigenvalue weighted by Crippen LogP contribution is 2.15. The number of hydrogen-bond acceptors (Lipinski definition) is 5. The summed E-state index contributed by atoms with van der Waals surface area (Å²) in [6.45, 7) is 7.77. The fourth-order valence-electron chi connectivity index (χ4n) is 1.84. The van der Waals surface area contributed by atoms with Gasteiger partial charge in [0.1, 0.15) is 5.82 Å². The molecule has 0 fully saturated rings. The average molecular weight is 274 g/mol. The third-order valence-electron chi connectivity index (χ3n) is 3.29. The highest BCUT2D eigenvalue weighted by molar-refractivity contribution is 5.46. The van der Waals surface area contributed by atoms with E-state index in [0.717, 1.165) is 30.0 Å². The fraction of sp³-hybridized carbons (Fsp3) is 0.500. The van der Waals surface area contributed by atoms with Crippen LogP contribution >= 0.6 is 0 Å². The largest absolute Gasteiger partial charge is 0.365 e. The number of aryl methyl sites for hydroxylation is 2. The van der Waals surface area contributed by atoms with Gasteiger partial charge in [-0.2, -0.15) is 10.1 Å². The Balaban J connectivity index is 2.06. The van der Waals surface area contributed by atoms with Gasteiger partial charge in [0.25, 0.3) is 0 Å². The predicted molar refractivity (Wildman–Crippen MR) is 80.8 cm³/mol. The van der Waals surface area contributed by atoms with Crippen molar-refractivity contribution in [3.8, 4) is 0 Å². The van der Waals surface area contributed by atoms with E-state index in [2.05, 4.69) is 39.5 Å². The topological polar surface area (TPSA) is 67.7 Å². The maximum absolute atomic E-state index is 4.50. The second-order valence-electron chi connectivity index (χ2n) is 4.88. The molecule has 0 unspecified atom stereocenters. The van der Waals surface area contributed by atoms with Gasteiger partial charge < -0.3 is 10.6 Å². The first kappa shape index (κ1) is 14.3. The minimum absolute atomic E-state index is 0.669. The molecule has 0 spiro atoms. The van der Waals surface area contributed by atoms with Crippen molar-refractivity contribution in [1.82, 2.24) is 19.7 Å². The van der Waals surface area contributed by atoms with E-state index in [4.69, 9.17) is 0 Å². The molecule has 0 bridgehead atoms. The molecule has 0 saturated heterocycles. The van der Waals surface area contributed by atoms with E-state index in [0.29, 0.717) is 12.5 Å². The Hall–Kier alpha value is -2.11. The highest BCUT2D eigenvalue weighted by Gasteiger charge is 2.06. The second-order valence-corrected chi connectivity index (χ2v) is 4.88. The zero-order chi connectivity index (χ0) is 14.5. The number of rotatable bonds is 6. The van der Waals surface area contributed by atoms with E-state index < -0.39 is 0 Å².